The van der Waals surface area contributed by atoms with Crippen molar-refractivity contribution in [1.82, 2.24) is 4.90 Å². The Bertz CT molecular complexity index is 160. The molecule has 4 heteroatoms. The van der Waals surface area contributed by atoms with E-state index in [0.717, 1.165) is 6.42 Å². The number of likely N-dealkylation sites (tertiary alicyclic amines) is 1. The van der Waals surface area contributed by atoms with Crippen molar-refractivity contribution in [3.05, 3.63) is 0 Å². The summed E-state index contributed by atoms with van der Waals surface area (Å²) in [4.78, 5) is 11.7. The fourth-order valence-electron chi connectivity index (χ4n) is 1.22. The van der Waals surface area contributed by atoms with E-state index in [9.17, 15) is 9.90 Å². The smallest absolute Gasteiger partial charge is 0.407 e. The van der Waals surface area contributed by atoms with Crippen LogP contribution in [0.15, 0.2) is 0 Å². The molecule has 1 heterocycles. The molecule has 0 aromatic heterocycles. The molecule has 1 aliphatic rings. The third-order valence-electron chi connectivity index (χ3n) is 2.19. The fraction of sp³-hybridized carbons (Fsp3) is 0.857. The second-order valence-corrected chi connectivity index (χ2v) is 3.06. The van der Waals surface area contributed by atoms with E-state index < -0.39 is 12.2 Å². The zero-order valence-electron chi connectivity index (χ0n) is 6.53. The molecule has 1 amide bonds. The third kappa shape index (κ3) is 1.83. The first-order chi connectivity index (χ1) is 5.11. The van der Waals surface area contributed by atoms with Gasteiger partial charge in [-0.1, -0.05) is 6.92 Å². The van der Waals surface area contributed by atoms with Gasteiger partial charge in [0.25, 0.3) is 0 Å². The van der Waals surface area contributed by atoms with E-state index >= 15 is 0 Å². The zero-order chi connectivity index (χ0) is 8.43. The van der Waals surface area contributed by atoms with Crippen LogP contribution in [0.3, 0.4) is 0 Å². The van der Waals surface area contributed by atoms with Gasteiger partial charge < -0.3 is 15.1 Å². The van der Waals surface area contributed by atoms with Crippen LogP contribution in [0.25, 0.3) is 0 Å². The first-order valence-corrected chi connectivity index (χ1v) is 3.77. The van der Waals surface area contributed by atoms with Crippen molar-refractivity contribution in [2.75, 3.05) is 13.1 Å². The predicted octanol–water partition coefficient (Wildman–Crippen LogP) is 0.367. The molecule has 11 heavy (non-hydrogen) atoms. The summed E-state index contributed by atoms with van der Waals surface area (Å²) < 4.78 is 0. The lowest BCUT2D eigenvalue weighted by Gasteiger charge is -2.32. The highest BCUT2D eigenvalue weighted by Gasteiger charge is 2.26. The van der Waals surface area contributed by atoms with Gasteiger partial charge in [-0.3, -0.25) is 0 Å². The number of carboxylic acid groups (broad SMARTS) is 1. The Morgan fingerprint density at radius 2 is 2.27 bits per heavy atom. The van der Waals surface area contributed by atoms with E-state index in [2.05, 4.69) is 0 Å². The van der Waals surface area contributed by atoms with Gasteiger partial charge in [0.05, 0.1) is 12.6 Å². The molecule has 1 saturated heterocycles. The van der Waals surface area contributed by atoms with Crippen molar-refractivity contribution in [3.63, 3.8) is 0 Å². The Kier molecular flexibility index (Phi) is 2.34. The first-order valence-electron chi connectivity index (χ1n) is 3.77. The maximum Gasteiger partial charge on any atom is 0.407 e. The van der Waals surface area contributed by atoms with Gasteiger partial charge in [-0.25, -0.2) is 4.79 Å². The Morgan fingerprint density at radius 3 is 2.73 bits per heavy atom. The minimum absolute atomic E-state index is 0.227. The molecule has 64 valence electrons. The normalized spacial score (nSPS) is 32.0. The number of aliphatic hydroxyl groups is 1. The Balaban J connectivity index is 2.46. The highest BCUT2D eigenvalue weighted by atomic mass is 16.4. The molecule has 1 rings (SSSR count). The van der Waals surface area contributed by atoms with Crippen molar-refractivity contribution in [2.45, 2.75) is 19.4 Å². The number of carbonyl (C=O) groups is 1. The molecule has 0 aromatic rings. The second-order valence-electron chi connectivity index (χ2n) is 3.06. The summed E-state index contributed by atoms with van der Waals surface area (Å²) in [7, 11) is 0. The highest BCUT2D eigenvalue weighted by molar-refractivity contribution is 5.65. The number of hydrogen-bond acceptors (Lipinski definition) is 2. The molecule has 0 aliphatic carbocycles. The number of amides is 1. The summed E-state index contributed by atoms with van der Waals surface area (Å²) in [5.41, 5.74) is 0. The summed E-state index contributed by atoms with van der Waals surface area (Å²) in [6.45, 7) is 2.74. The van der Waals surface area contributed by atoms with Gasteiger partial charge in [-0.2, -0.15) is 0 Å². The van der Waals surface area contributed by atoms with Crippen molar-refractivity contribution in [1.29, 1.82) is 0 Å². The van der Waals surface area contributed by atoms with Crippen LogP contribution in [0, 0.1) is 5.92 Å². The minimum atomic E-state index is -0.934. The topological polar surface area (TPSA) is 60.8 Å². The number of β-amino-alcohol motifs (C(OH)–C–C–N with tert-alkyl or cyclic N) is 1. The van der Waals surface area contributed by atoms with Crippen molar-refractivity contribution in [2.24, 2.45) is 5.92 Å². The fourth-order valence-corrected chi connectivity index (χ4v) is 1.22. The number of piperidine rings is 1. The maximum atomic E-state index is 10.4. The van der Waals surface area contributed by atoms with Crippen LogP contribution >= 0.6 is 0 Å². The molecule has 0 unspecified atom stereocenters. The Morgan fingerprint density at radius 1 is 1.64 bits per heavy atom. The van der Waals surface area contributed by atoms with Crippen LogP contribution in [0.4, 0.5) is 4.79 Å². The molecule has 0 aromatic carbocycles. The van der Waals surface area contributed by atoms with Crippen LogP contribution in [-0.4, -0.2) is 40.4 Å². The number of nitrogens with zero attached hydrogens (tertiary/aromatic N) is 1. The summed E-state index contributed by atoms with van der Waals surface area (Å²) >= 11 is 0. The van der Waals surface area contributed by atoms with E-state index in [-0.39, 0.29) is 12.5 Å². The molecular weight excluding hydrogens is 146 g/mol. The second kappa shape index (κ2) is 3.09. The quantitative estimate of drug-likeness (QED) is 0.536. The lowest BCUT2D eigenvalue weighted by atomic mass is 9.96. The van der Waals surface area contributed by atoms with Gasteiger partial charge in [0.2, 0.25) is 0 Å². The van der Waals surface area contributed by atoms with Gasteiger partial charge >= 0.3 is 6.09 Å². The molecule has 0 bridgehead atoms. The first kappa shape index (κ1) is 8.33. The third-order valence-corrected chi connectivity index (χ3v) is 2.19. The molecule has 0 saturated carbocycles. The van der Waals surface area contributed by atoms with Crippen LogP contribution in [-0.2, 0) is 0 Å². The molecule has 4 nitrogen and oxygen atoms in total. The summed E-state index contributed by atoms with van der Waals surface area (Å²) in [5.74, 6) is 0.227. The number of aliphatic hydroxyl groups excluding tert-OH is 1. The van der Waals surface area contributed by atoms with Crippen LogP contribution < -0.4 is 0 Å². The van der Waals surface area contributed by atoms with Gasteiger partial charge in [-0.15, -0.1) is 0 Å². The van der Waals surface area contributed by atoms with E-state index in [4.69, 9.17) is 5.11 Å². The number of rotatable bonds is 0. The molecule has 0 spiro atoms. The average Bonchev–Trinajstić information content (AvgIpc) is 1.94. The van der Waals surface area contributed by atoms with Crippen molar-refractivity contribution in [3.8, 4) is 0 Å². The zero-order valence-corrected chi connectivity index (χ0v) is 6.53. The van der Waals surface area contributed by atoms with Crippen LogP contribution in [0.5, 0.6) is 0 Å². The number of hydrogen-bond donors (Lipinski definition) is 2. The van der Waals surface area contributed by atoms with Crippen LogP contribution in [0.2, 0.25) is 0 Å². The monoisotopic (exact) mass is 159 g/mol. The van der Waals surface area contributed by atoms with Crippen LogP contribution in [0.1, 0.15) is 13.3 Å². The molecule has 1 aliphatic heterocycles. The summed E-state index contributed by atoms with van der Waals surface area (Å²) in [5, 5.41) is 17.8. The largest absolute Gasteiger partial charge is 0.465 e. The summed E-state index contributed by atoms with van der Waals surface area (Å²) in [6.07, 6.45) is -0.663. The van der Waals surface area contributed by atoms with E-state index in [1.807, 2.05) is 6.92 Å². The van der Waals surface area contributed by atoms with E-state index in [0.29, 0.717) is 6.54 Å². The van der Waals surface area contributed by atoms with Gasteiger partial charge in [0.15, 0.2) is 0 Å². The minimum Gasteiger partial charge on any atom is -0.465 e. The molecule has 0 radical (unpaired) electrons. The lowest BCUT2D eigenvalue weighted by molar-refractivity contribution is 0.0315. The predicted molar refractivity (Wildman–Crippen MR) is 39.4 cm³/mol. The van der Waals surface area contributed by atoms with E-state index in [1.165, 1.54) is 4.90 Å². The molecule has 1 fully saturated rings. The van der Waals surface area contributed by atoms with Crippen molar-refractivity contribution < 1.29 is 15.0 Å². The van der Waals surface area contributed by atoms with Gasteiger partial charge in [0, 0.05) is 6.54 Å². The SMILES string of the molecule is C[C@H]1CCN(C(=O)O)C[C@H]1O. The standard InChI is InChI=1S/C7H13NO3/c1-5-2-3-8(7(10)11)4-6(5)9/h5-6,9H,2-4H2,1H3,(H,10,11)/t5-,6+/m0/s1. The molecule has 2 atom stereocenters. The van der Waals surface area contributed by atoms with E-state index in [1.54, 1.807) is 0 Å². The molecular formula is C7H13NO3. The van der Waals surface area contributed by atoms with Crippen molar-refractivity contribution >= 4 is 6.09 Å². The maximum absolute atomic E-state index is 10.4. The molecule has 2 N–H and O–H groups in total. The summed E-state index contributed by atoms with van der Waals surface area (Å²) in [6, 6.07) is 0. The van der Waals surface area contributed by atoms with Gasteiger partial charge in [0.1, 0.15) is 0 Å². The average molecular weight is 159 g/mol. The lowest BCUT2D eigenvalue weighted by Crippen LogP contribution is -2.45. The van der Waals surface area contributed by atoms with Gasteiger partial charge in [-0.05, 0) is 12.3 Å². The Hall–Kier alpha value is -0.770. The highest BCUT2D eigenvalue weighted by Crippen LogP contribution is 2.16. The Labute approximate surface area is 65.4 Å².